The number of hydrogen-bond acceptors (Lipinski definition) is 1. The van der Waals surface area contributed by atoms with Crippen LogP contribution < -0.4 is 0 Å². The fraction of sp³-hybridized carbons (Fsp3) is 0.357. The van der Waals surface area contributed by atoms with Crippen LogP contribution in [0.5, 0.6) is 0 Å². The van der Waals surface area contributed by atoms with Crippen molar-refractivity contribution in [1.82, 2.24) is 0 Å². The molecule has 0 aliphatic rings. The van der Waals surface area contributed by atoms with Gasteiger partial charge in [0.1, 0.15) is 6.29 Å². The van der Waals surface area contributed by atoms with Gasteiger partial charge in [-0.25, -0.2) is 0 Å². The van der Waals surface area contributed by atoms with Gasteiger partial charge in [0.25, 0.3) is 0 Å². The Hall–Kier alpha value is -1.37. The van der Waals surface area contributed by atoms with Crippen LogP contribution in [-0.2, 0) is 4.79 Å². The second-order valence-electron chi connectivity index (χ2n) is 4.88. The van der Waals surface area contributed by atoms with Crippen molar-refractivity contribution in [2.24, 2.45) is 5.41 Å². The molecule has 1 aromatic rings. The molecule has 0 unspecified atom stereocenters. The Labute approximate surface area is 91.8 Å². The summed E-state index contributed by atoms with van der Waals surface area (Å²) in [6, 6.07) is 8.15. The molecule has 0 fully saturated rings. The molecular formula is C14H18O. The van der Waals surface area contributed by atoms with Gasteiger partial charge in [-0.05, 0) is 29.6 Å². The van der Waals surface area contributed by atoms with E-state index in [2.05, 4.69) is 19.1 Å². The first kappa shape index (κ1) is 11.7. The number of carbonyl (C=O) groups is 1. The molecule has 1 aromatic carbocycles. The van der Waals surface area contributed by atoms with Crippen LogP contribution in [-0.4, -0.2) is 6.29 Å². The van der Waals surface area contributed by atoms with Gasteiger partial charge in [0.2, 0.25) is 0 Å². The van der Waals surface area contributed by atoms with Gasteiger partial charge in [0.05, 0.1) is 0 Å². The van der Waals surface area contributed by atoms with Crippen molar-refractivity contribution in [3.63, 3.8) is 0 Å². The number of benzene rings is 1. The molecule has 0 spiro atoms. The Balaban J connectivity index is 3.09. The van der Waals surface area contributed by atoms with E-state index >= 15 is 0 Å². The van der Waals surface area contributed by atoms with Gasteiger partial charge in [-0.3, -0.25) is 4.79 Å². The van der Waals surface area contributed by atoms with Crippen molar-refractivity contribution in [1.29, 1.82) is 0 Å². The second kappa shape index (κ2) is 4.43. The van der Waals surface area contributed by atoms with E-state index < -0.39 is 0 Å². The Bertz CT molecular complexity index is 381. The molecule has 0 aromatic heterocycles. The first-order valence-corrected chi connectivity index (χ1v) is 5.17. The second-order valence-corrected chi connectivity index (χ2v) is 4.88. The summed E-state index contributed by atoms with van der Waals surface area (Å²) < 4.78 is 0. The molecule has 0 bridgehead atoms. The molecule has 0 saturated heterocycles. The zero-order valence-corrected chi connectivity index (χ0v) is 9.87. The fourth-order valence-corrected chi connectivity index (χ4v) is 1.37. The summed E-state index contributed by atoms with van der Waals surface area (Å²) in [4.78, 5) is 11.0. The average Bonchev–Trinajstić information content (AvgIpc) is 2.12. The van der Waals surface area contributed by atoms with Crippen LogP contribution in [0.4, 0.5) is 0 Å². The van der Waals surface area contributed by atoms with Gasteiger partial charge >= 0.3 is 0 Å². The number of hydrogen-bond donors (Lipinski definition) is 0. The highest BCUT2D eigenvalue weighted by Gasteiger charge is 2.15. The molecule has 0 atom stereocenters. The number of allylic oxidation sites excluding steroid dienone is 1. The molecular weight excluding hydrogens is 184 g/mol. The standard InChI is InChI=1S/C14H18O/c1-11-6-5-7-12(8-11)9-13(10-15)14(2,3)4/h5-10H,1-4H3/b13-9+. The van der Waals surface area contributed by atoms with Gasteiger partial charge in [-0.15, -0.1) is 0 Å². The van der Waals surface area contributed by atoms with Crippen LogP contribution in [0.1, 0.15) is 31.9 Å². The molecule has 0 radical (unpaired) electrons. The fourth-order valence-electron chi connectivity index (χ4n) is 1.37. The quantitative estimate of drug-likeness (QED) is 0.528. The molecule has 0 aliphatic carbocycles. The maximum absolute atomic E-state index is 11.0. The largest absolute Gasteiger partial charge is 0.298 e. The van der Waals surface area contributed by atoms with Crippen LogP contribution in [0.2, 0.25) is 0 Å². The number of aldehydes is 1. The van der Waals surface area contributed by atoms with E-state index in [1.165, 1.54) is 5.56 Å². The molecule has 0 heterocycles. The lowest BCUT2D eigenvalue weighted by atomic mass is 9.86. The van der Waals surface area contributed by atoms with Gasteiger partial charge in [-0.2, -0.15) is 0 Å². The van der Waals surface area contributed by atoms with E-state index in [4.69, 9.17) is 0 Å². The minimum Gasteiger partial charge on any atom is -0.298 e. The summed E-state index contributed by atoms with van der Waals surface area (Å²) in [5.41, 5.74) is 3.04. The third-order valence-electron chi connectivity index (χ3n) is 2.36. The normalized spacial score (nSPS) is 12.7. The van der Waals surface area contributed by atoms with Crippen molar-refractivity contribution < 1.29 is 4.79 Å². The van der Waals surface area contributed by atoms with E-state index in [9.17, 15) is 4.79 Å². The van der Waals surface area contributed by atoms with E-state index in [1.54, 1.807) is 0 Å². The van der Waals surface area contributed by atoms with Gasteiger partial charge in [0, 0.05) is 0 Å². The first-order chi connectivity index (χ1) is 6.93. The monoisotopic (exact) mass is 202 g/mol. The summed E-state index contributed by atoms with van der Waals surface area (Å²) >= 11 is 0. The molecule has 0 N–H and O–H groups in total. The molecule has 15 heavy (non-hydrogen) atoms. The summed E-state index contributed by atoms with van der Waals surface area (Å²) in [6.07, 6.45) is 2.91. The van der Waals surface area contributed by atoms with E-state index in [0.29, 0.717) is 0 Å². The Morgan fingerprint density at radius 3 is 2.40 bits per heavy atom. The minimum atomic E-state index is -0.0918. The predicted octanol–water partition coefficient (Wildman–Crippen LogP) is 3.62. The Kier molecular flexibility index (Phi) is 3.46. The molecule has 0 aliphatic heterocycles. The minimum absolute atomic E-state index is 0.0918. The highest BCUT2D eigenvalue weighted by atomic mass is 16.1. The predicted molar refractivity (Wildman–Crippen MR) is 64.7 cm³/mol. The van der Waals surface area contributed by atoms with Crippen LogP contribution >= 0.6 is 0 Å². The molecule has 80 valence electrons. The van der Waals surface area contributed by atoms with Crippen molar-refractivity contribution in [3.8, 4) is 0 Å². The molecule has 0 saturated carbocycles. The van der Waals surface area contributed by atoms with Crippen molar-refractivity contribution >= 4 is 12.4 Å². The van der Waals surface area contributed by atoms with E-state index in [-0.39, 0.29) is 5.41 Å². The van der Waals surface area contributed by atoms with Gasteiger partial charge in [0.15, 0.2) is 0 Å². The smallest absolute Gasteiger partial charge is 0.146 e. The third-order valence-corrected chi connectivity index (χ3v) is 2.36. The van der Waals surface area contributed by atoms with Gasteiger partial charge in [-0.1, -0.05) is 50.6 Å². The molecule has 1 heteroatoms. The zero-order valence-electron chi connectivity index (χ0n) is 9.87. The summed E-state index contributed by atoms with van der Waals surface area (Å²) in [5.74, 6) is 0. The van der Waals surface area contributed by atoms with Crippen molar-refractivity contribution in [3.05, 3.63) is 41.0 Å². The van der Waals surface area contributed by atoms with Crippen LogP contribution in [0.3, 0.4) is 0 Å². The summed E-state index contributed by atoms with van der Waals surface area (Å²) in [5, 5.41) is 0. The van der Waals surface area contributed by atoms with Crippen LogP contribution in [0.15, 0.2) is 29.8 Å². The lowest BCUT2D eigenvalue weighted by Gasteiger charge is -2.18. The van der Waals surface area contributed by atoms with Crippen molar-refractivity contribution in [2.45, 2.75) is 27.7 Å². The highest BCUT2D eigenvalue weighted by molar-refractivity contribution is 5.83. The Morgan fingerprint density at radius 1 is 1.27 bits per heavy atom. The van der Waals surface area contributed by atoms with Crippen molar-refractivity contribution in [2.75, 3.05) is 0 Å². The third kappa shape index (κ3) is 3.35. The number of carbonyl (C=O) groups excluding carboxylic acids is 1. The Morgan fingerprint density at radius 2 is 1.93 bits per heavy atom. The molecule has 0 amide bonds. The topological polar surface area (TPSA) is 17.1 Å². The first-order valence-electron chi connectivity index (χ1n) is 5.17. The molecule has 1 rings (SSSR count). The SMILES string of the molecule is Cc1cccc(/C=C(\C=O)C(C)(C)C)c1. The summed E-state index contributed by atoms with van der Waals surface area (Å²) in [6.45, 7) is 8.18. The zero-order chi connectivity index (χ0) is 11.5. The lowest BCUT2D eigenvalue weighted by Crippen LogP contribution is -2.10. The summed E-state index contributed by atoms with van der Waals surface area (Å²) in [7, 11) is 0. The van der Waals surface area contributed by atoms with E-state index in [0.717, 1.165) is 17.4 Å². The van der Waals surface area contributed by atoms with E-state index in [1.807, 2.05) is 39.0 Å². The number of aryl methyl sites for hydroxylation is 1. The van der Waals surface area contributed by atoms with Gasteiger partial charge < -0.3 is 0 Å². The highest BCUT2D eigenvalue weighted by Crippen LogP contribution is 2.25. The lowest BCUT2D eigenvalue weighted by molar-refractivity contribution is -0.105. The van der Waals surface area contributed by atoms with Crippen LogP contribution in [0.25, 0.3) is 6.08 Å². The average molecular weight is 202 g/mol. The number of rotatable bonds is 2. The molecule has 1 nitrogen and oxygen atoms in total. The maximum Gasteiger partial charge on any atom is 0.146 e. The maximum atomic E-state index is 11.0. The van der Waals surface area contributed by atoms with Crippen LogP contribution in [0, 0.1) is 12.3 Å².